The van der Waals surface area contributed by atoms with Crippen LogP contribution in [0.25, 0.3) is 0 Å². The van der Waals surface area contributed by atoms with Crippen molar-refractivity contribution in [3.05, 3.63) is 68.8 Å². The monoisotopic (exact) mass is 366 g/mol. The normalized spacial score (nSPS) is 12.4. The van der Waals surface area contributed by atoms with Gasteiger partial charge in [0.2, 0.25) is 0 Å². The van der Waals surface area contributed by atoms with Gasteiger partial charge < -0.3 is 0 Å². The summed E-state index contributed by atoms with van der Waals surface area (Å²) in [6.45, 7) is 2.20. The number of benzene rings is 2. The lowest BCUT2D eigenvalue weighted by Gasteiger charge is -2.18. The quantitative estimate of drug-likeness (QED) is 0.480. The molecule has 0 bridgehead atoms. The number of hydrogen-bond donors (Lipinski definition) is 2. The summed E-state index contributed by atoms with van der Waals surface area (Å²) in [6.07, 6.45) is 2.27. The summed E-state index contributed by atoms with van der Waals surface area (Å²) in [4.78, 5) is 0. The molecule has 2 aromatic rings. The molecule has 0 spiro atoms. The highest BCUT2D eigenvalue weighted by Gasteiger charge is 2.12. The van der Waals surface area contributed by atoms with Crippen molar-refractivity contribution in [3.8, 4) is 0 Å². The fourth-order valence-corrected chi connectivity index (χ4v) is 2.86. The Morgan fingerprint density at radius 2 is 1.79 bits per heavy atom. The van der Waals surface area contributed by atoms with Crippen molar-refractivity contribution in [3.63, 3.8) is 0 Å². The van der Waals surface area contributed by atoms with Crippen LogP contribution in [0.3, 0.4) is 0 Å². The topological polar surface area (TPSA) is 38.0 Å². The third-order valence-electron chi connectivity index (χ3n) is 3.17. The first-order chi connectivity index (χ1) is 9.24. The molecule has 0 heterocycles. The van der Waals surface area contributed by atoms with E-state index in [1.165, 1.54) is 20.3 Å². The lowest BCUT2D eigenvalue weighted by Crippen LogP contribution is -2.28. The Bertz CT molecular complexity index is 540. The van der Waals surface area contributed by atoms with Crippen LogP contribution in [0.4, 0.5) is 0 Å². The van der Waals surface area contributed by atoms with Crippen LogP contribution in [0, 0.1) is 3.57 Å². The van der Waals surface area contributed by atoms with E-state index in [2.05, 4.69) is 83.5 Å². The molecule has 19 heavy (non-hydrogen) atoms. The molecule has 0 aromatic heterocycles. The smallest absolute Gasteiger partial charge is 0.0710 e. The van der Waals surface area contributed by atoms with E-state index in [4.69, 9.17) is 5.84 Å². The number of nitrogens with one attached hydrogen (secondary N) is 1. The standard InChI is InChI=1S/C16H19IN2/c1-2-5-12-6-3-7-13(10-12)16(19-18)14-8-4-9-15(17)11-14/h3-4,6-11,16,19H,2,5,18H2,1H3. The average molecular weight is 366 g/mol. The summed E-state index contributed by atoms with van der Waals surface area (Å²) >= 11 is 2.33. The third kappa shape index (κ3) is 3.78. The van der Waals surface area contributed by atoms with Crippen molar-refractivity contribution in [2.45, 2.75) is 25.8 Å². The third-order valence-corrected chi connectivity index (χ3v) is 3.84. The minimum absolute atomic E-state index is 0.0477. The fraction of sp³-hybridized carbons (Fsp3) is 0.250. The first-order valence-electron chi connectivity index (χ1n) is 6.55. The van der Waals surface area contributed by atoms with Crippen LogP contribution in [-0.2, 0) is 6.42 Å². The van der Waals surface area contributed by atoms with Gasteiger partial charge in [0.05, 0.1) is 6.04 Å². The molecule has 0 fully saturated rings. The molecule has 100 valence electrons. The van der Waals surface area contributed by atoms with Crippen molar-refractivity contribution in [2.75, 3.05) is 0 Å². The average Bonchev–Trinajstić information content (AvgIpc) is 2.41. The molecular weight excluding hydrogens is 347 g/mol. The Hall–Kier alpha value is -0.910. The fourth-order valence-electron chi connectivity index (χ4n) is 2.29. The Balaban J connectivity index is 2.33. The van der Waals surface area contributed by atoms with Gasteiger partial charge in [-0.1, -0.05) is 49.7 Å². The second kappa shape index (κ2) is 7.03. The molecule has 1 unspecified atom stereocenters. The van der Waals surface area contributed by atoms with Crippen molar-refractivity contribution in [2.24, 2.45) is 5.84 Å². The van der Waals surface area contributed by atoms with Crippen LogP contribution in [0.1, 0.15) is 36.1 Å². The van der Waals surface area contributed by atoms with E-state index >= 15 is 0 Å². The predicted octanol–water partition coefficient (Wildman–Crippen LogP) is 3.80. The number of halogens is 1. The lowest BCUT2D eigenvalue weighted by molar-refractivity contribution is 0.635. The van der Waals surface area contributed by atoms with Crippen LogP contribution >= 0.6 is 22.6 Å². The molecule has 0 radical (unpaired) electrons. The Kier molecular flexibility index (Phi) is 5.36. The minimum Gasteiger partial charge on any atom is -0.271 e. The zero-order chi connectivity index (χ0) is 13.7. The summed E-state index contributed by atoms with van der Waals surface area (Å²) in [5.41, 5.74) is 6.71. The second-order valence-corrected chi connectivity index (χ2v) is 5.90. The predicted molar refractivity (Wildman–Crippen MR) is 88.8 cm³/mol. The molecule has 1 atom stereocenters. The van der Waals surface area contributed by atoms with Crippen molar-refractivity contribution in [1.29, 1.82) is 0 Å². The molecule has 0 aliphatic heterocycles. The molecule has 3 N–H and O–H groups in total. The Morgan fingerprint density at radius 1 is 1.11 bits per heavy atom. The second-order valence-electron chi connectivity index (χ2n) is 4.65. The van der Waals surface area contributed by atoms with Gasteiger partial charge in [-0.25, -0.2) is 5.43 Å². The summed E-state index contributed by atoms with van der Waals surface area (Å²) in [5, 5.41) is 0. The summed E-state index contributed by atoms with van der Waals surface area (Å²) in [7, 11) is 0. The van der Waals surface area contributed by atoms with Gasteiger partial charge in [0.25, 0.3) is 0 Å². The number of nitrogens with two attached hydrogens (primary N) is 1. The zero-order valence-electron chi connectivity index (χ0n) is 11.1. The first kappa shape index (κ1) is 14.5. The van der Waals surface area contributed by atoms with Gasteiger partial charge in [-0.3, -0.25) is 5.84 Å². The van der Waals surface area contributed by atoms with E-state index < -0.39 is 0 Å². The van der Waals surface area contributed by atoms with E-state index in [-0.39, 0.29) is 6.04 Å². The highest BCUT2D eigenvalue weighted by atomic mass is 127. The van der Waals surface area contributed by atoms with Crippen LogP contribution in [0.15, 0.2) is 48.5 Å². The maximum absolute atomic E-state index is 5.76. The Morgan fingerprint density at radius 3 is 2.42 bits per heavy atom. The van der Waals surface area contributed by atoms with E-state index in [9.17, 15) is 0 Å². The number of aryl methyl sites for hydroxylation is 1. The largest absolute Gasteiger partial charge is 0.271 e. The molecule has 0 aliphatic rings. The van der Waals surface area contributed by atoms with Crippen LogP contribution in [0.2, 0.25) is 0 Å². The molecule has 2 aromatic carbocycles. The van der Waals surface area contributed by atoms with Crippen LogP contribution in [-0.4, -0.2) is 0 Å². The van der Waals surface area contributed by atoms with Crippen molar-refractivity contribution < 1.29 is 0 Å². The van der Waals surface area contributed by atoms with Gasteiger partial charge in [-0.05, 0) is 57.8 Å². The molecule has 2 rings (SSSR count). The van der Waals surface area contributed by atoms with Crippen LogP contribution < -0.4 is 11.3 Å². The van der Waals surface area contributed by atoms with Gasteiger partial charge >= 0.3 is 0 Å². The summed E-state index contributed by atoms with van der Waals surface area (Å²) < 4.78 is 1.22. The number of hydrazine groups is 1. The van der Waals surface area contributed by atoms with Crippen LogP contribution in [0.5, 0.6) is 0 Å². The number of hydrogen-bond acceptors (Lipinski definition) is 2. The van der Waals surface area contributed by atoms with Gasteiger partial charge in [0.1, 0.15) is 0 Å². The van der Waals surface area contributed by atoms with E-state index in [0.717, 1.165) is 12.8 Å². The van der Waals surface area contributed by atoms with Crippen molar-refractivity contribution >= 4 is 22.6 Å². The van der Waals surface area contributed by atoms with E-state index in [1.807, 2.05) is 0 Å². The highest BCUT2D eigenvalue weighted by molar-refractivity contribution is 14.1. The molecule has 0 saturated carbocycles. The van der Waals surface area contributed by atoms with Gasteiger partial charge in [0.15, 0.2) is 0 Å². The van der Waals surface area contributed by atoms with Crippen molar-refractivity contribution in [1.82, 2.24) is 5.43 Å². The molecule has 0 saturated heterocycles. The highest BCUT2D eigenvalue weighted by Crippen LogP contribution is 2.23. The Labute approximate surface area is 128 Å². The zero-order valence-corrected chi connectivity index (χ0v) is 13.2. The maximum atomic E-state index is 5.76. The molecule has 0 aliphatic carbocycles. The summed E-state index contributed by atoms with van der Waals surface area (Å²) in [5.74, 6) is 5.76. The SMILES string of the molecule is CCCc1cccc(C(NN)c2cccc(I)c2)c1. The number of rotatable bonds is 5. The summed E-state index contributed by atoms with van der Waals surface area (Å²) in [6, 6.07) is 17.1. The van der Waals surface area contributed by atoms with Gasteiger partial charge in [0, 0.05) is 3.57 Å². The molecule has 3 heteroatoms. The first-order valence-corrected chi connectivity index (χ1v) is 7.63. The molecule has 0 amide bonds. The van der Waals surface area contributed by atoms with E-state index in [0.29, 0.717) is 0 Å². The van der Waals surface area contributed by atoms with E-state index in [1.54, 1.807) is 0 Å². The minimum atomic E-state index is 0.0477. The molecular formula is C16H19IN2. The van der Waals surface area contributed by atoms with Gasteiger partial charge in [-0.15, -0.1) is 0 Å². The lowest BCUT2D eigenvalue weighted by atomic mass is 9.97. The van der Waals surface area contributed by atoms with Gasteiger partial charge in [-0.2, -0.15) is 0 Å². The maximum Gasteiger partial charge on any atom is 0.0710 e. The molecule has 2 nitrogen and oxygen atoms in total.